The summed E-state index contributed by atoms with van der Waals surface area (Å²) in [4.78, 5) is 21.2. The molecular weight excluding hydrogens is 404 g/mol. The highest BCUT2D eigenvalue weighted by atomic mass is 32.2. The first kappa shape index (κ1) is 20.0. The Morgan fingerprint density at radius 2 is 1.77 bits per heavy atom. The normalized spacial score (nSPS) is 13.6. The van der Waals surface area contributed by atoms with E-state index in [2.05, 4.69) is 20.0 Å². The predicted molar refractivity (Wildman–Crippen MR) is 112 cm³/mol. The molecule has 0 saturated heterocycles. The van der Waals surface area contributed by atoms with E-state index in [-0.39, 0.29) is 22.2 Å². The molecule has 1 aromatic heterocycles. The summed E-state index contributed by atoms with van der Waals surface area (Å²) in [6, 6.07) is 13.7. The van der Waals surface area contributed by atoms with Gasteiger partial charge in [-0.1, -0.05) is 30.3 Å². The Balaban J connectivity index is 1.55. The smallest absolute Gasteiger partial charge is 0.258 e. The lowest BCUT2D eigenvalue weighted by atomic mass is 10.2. The number of ether oxygens (including phenoxy) is 1. The highest BCUT2D eigenvalue weighted by Gasteiger charge is 2.28. The van der Waals surface area contributed by atoms with E-state index < -0.39 is 15.9 Å². The van der Waals surface area contributed by atoms with Gasteiger partial charge in [-0.3, -0.25) is 4.79 Å². The monoisotopic (exact) mass is 424 g/mol. The van der Waals surface area contributed by atoms with Gasteiger partial charge in [0.1, 0.15) is 5.75 Å². The first-order valence-electron chi connectivity index (χ1n) is 9.35. The van der Waals surface area contributed by atoms with Gasteiger partial charge in [0.25, 0.3) is 5.91 Å². The van der Waals surface area contributed by atoms with Crippen molar-refractivity contribution < 1.29 is 17.9 Å². The number of hydrogen-bond donors (Lipinski definition) is 2. The highest BCUT2D eigenvalue weighted by Crippen LogP contribution is 2.29. The molecule has 1 aliphatic rings. The number of carbonyl (C=O) groups excluding carboxylic acids is 1. The minimum Gasteiger partial charge on any atom is -0.495 e. The Labute approximate surface area is 174 Å². The second kappa shape index (κ2) is 8.21. The van der Waals surface area contributed by atoms with Crippen LogP contribution >= 0.6 is 0 Å². The van der Waals surface area contributed by atoms with Crippen molar-refractivity contribution in [2.24, 2.45) is 0 Å². The molecule has 4 rings (SSSR count). The van der Waals surface area contributed by atoms with E-state index in [1.807, 2.05) is 30.3 Å². The Hall–Kier alpha value is -3.30. The van der Waals surface area contributed by atoms with Crippen molar-refractivity contribution in [2.75, 3.05) is 12.4 Å². The maximum absolute atomic E-state index is 12.7. The topological polar surface area (TPSA) is 110 Å². The van der Waals surface area contributed by atoms with Crippen LogP contribution in [0.2, 0.25) is 0 Å². The molecule has 0 bridgehead atoms. The first-order valence-corrected chi connectivity index (χ1v) is 10.8. The lowest BCUT2D eigenvalue weighted by molar-refractivity contribution is 0.102. The van der Waals surface area contributed by atoms with E-state index in [1.165, 1.54) is 37.7 Å². The zero-order chi connectivity index (χ0) is 21.1. The van der Waals surface area contributed by atoms with E-state index >= 15 is 0 Å². The molecule has 2 N–H and O–H groups in total. The quantitative estimate of drug-likeness (QED) is 0.603. The van der Waals surface area contributed by atoms with Gasteiger partial charge in [0.05, 0.1) is 23.3 Å². The molecule has 1 heterocycles. The average Bonchev–Trinajstić information content (AvgIpc) is 3.57. The van der Waals surface area contributed by atoms with Gasteiger partial charge in [0.2, 0.25) is 10.0 Å². The largest absolute Gasteiger partial charge is 0.495 e. The zero-order valence-corrected chi connectivity index (χ0v) is 17.0. The third-order valence-electron chi connectivity index (χ3n) is 4.57. The maximum Gasteiger partial charge on any atom is 0.258 e. The fraction of sp³-hybridized carbons (Fsp3) is 0.190. The number of hydrogen-bond acceptors (Lipinski definition) is 6. The van der Waals surface area contributed by atoms with Crippen LogP contribution in [0.15, 0.2) is 65.8 Å². The Bertz CT molecular complexity index is 1160. The maximum atomic E-state index is 12.7. The van der Waals surface area contributed by atoms with Crippen LogP contribution in [-0.2, 0) is 10.0 Å². The van der Waals surface area contributed by atoms with Crippen LogP contribution in [0.25, 0.3) is 11.4 Å². The SMILES string of the molecule is COc1ccc(S(=O)(=O)NC2CC2)cc1NC(=O)c1cnc(-c2ccccc2)nc1. The summed E-state index contributed by atoms with van der Waals surface area (Å²) in [5.41, 5.74) is 1.32. The minimum absolute atomic E-state index is 0.0181. The van der Waals surface area contributed by atoms with E-state index in [0.717, 1.165) is 18.4 Å². The van der Waals surface area contributed by atoms with Gasteiger partial charge >= 0.3 is 0 Å². The van der Waals surface area contributed by atoms with Crippen LogP contribution in [-0.4, -0.2) is 37.4 Å². The van der Waals surface area contributed by atoms with Gasteiger partial charge in [-0.05, 0) is 31.0 Å². The molecular formula is C21H20N4O4S. The molecule has 154 valence electrons. The van der Waals surface area contributed by atoms with Gasteiger partial charge in [-0.2, -0.15) is 0 Å². The van der Waals surface area contributed by atoms with Crippen LogP contribution < -0.4 is 14.8 Å². The van der Waals surface area contributed by atoms with Gasteiger partial charge in [0.15, 0.2) is 5.82 Å². The van der Waals surface area contributed by atoms with Crippen molar-refractivity contribution in [1.29, 1.82) is 0 Å². The van der Waals surface area contributed by atoms with E-state index in [1.54, 1.807) is 0 Å². The first-order chi connectivity index (χ1) is 14.5. The molecule has 1 fully saturated rings. The summed E-state index contributed by atoms with van der Waals surface area (Å²) >= 11 is 0. The number of amides is 1. The van der Waals surface area contributed by atoms with Crippen molar-refractivity contribution in [2.45, 2.75) is 23.8 Å². The minimum atomic E-state index is -3.66. The summed E-state index contributed by atoms with van der Waals surface area (Å²) in [5.74, 6) is 0.372. The van der Waals surface area contributed by atoms with Gasteiger partial charge in [-0.25, -0.2) is 23.1 Å². The standard InChI is InChI=1S/C21H20N4O4S/c1-29-19-10-9-17(30(27,28)25-16-7-8-16)11-18(19)24-21(26)15-12-22-20(23-13-15)14-5-3-2-4-6-14/h2-6,9-13,16,25H,7-8H2,1H3,(H,24,26). The van der Waals surface area contributed by atoms with Gasteiger partial charge < -0.3 is 10.1 Å². The van der Waals surface area contributed by atoms with Crippen molar-refractivity contribution in [3.63, 3.8) is 0 Å². The molecule has 9 heteroatoms. The summed E-state index contributed by atoms with van der Waals surface area (Å²) in [6.45, 7) is 0. The Morgan fingerprint density at radius 3 is 2.40 bits per heavy atom. The molecule has 0 atom stereocenters. The number of sulfonamides is 1. The van der Waals surface area contributed by atoms with E-state index in [9.17, 15) is 13.2 Å². The van der Waals surface area contributed by atoms with Crippen LogP contribution in [0.1, 0.15) is 23.2 Å². The second-order valence-corrected chi connectivity index (χ2v) is 8.59. The third kappa shape index (κ3) is 4.47. The molecule has 1 aliphatic carbocycles. The molecule has 0 spiro atoms. The van der Waals surface area contributed by atoms with Crippen LogP contribution in [0.4, 0.5) is 5.69 Å². The molecule has 2 aromatic carbocycles. The molecule has 0 radical (unpaired) electrons. The molecule has 30 heavy (non-hydrogen) atoms. The number of carbonyl (C=O) groups is 1. The number of rotatable bonds is 7. The third-order valence-corrected chi connectivity index (χ3v) is 6.09. The number of benzene rings is 2. The number of nitrogens with one attached hydrogen (secondary N) is 2. The summed E-state index contributed by atoms with van der Waals surface area (Å²) in [5, 5.41) is 2.68. The summed E-state index contributed by atoms with van der Waals surface area (Å²) in [7, 11) is -2.22. The number of anilines is 1. The molecule has 0 aliphatic heterocycles. The molecule has 8 nitrogen and oxygen atoms in total. The Kier molecular flexibility index (Phi) is 5.47. The molecule has 1 saturated carbocycles. The number of aromatic nitrogens is 2. The van der Waals surface area contributed by atoms with Crippen molar-refractivity contribution in [1.82, 2.24) is 14.7 Å². The Morgan fingerprint density at radius 1 is 1.07 bits per heavy atom. The fourth-order valence-electron chi connectivity index (χ4n) is 2.82. The second-order valence-electron chi connectivity index (χ2n) is 6.87. The van der Waals surface area contributed by atoms with E-state index in [0.29, 0.717) is 11.6 Å². The van der Waals surface area contributed by atoms with Crippen LogP contribution in [0, 0.1) is 0 Å². The van der Waals surface area contributed by atoms with E-state index in [4.69, 9.17) is 4.74 Å². The fourth-order valence-corrected chi connectivity index (χ4v) is 4.15. The van der Waals surface area contributed by atoms with Crippen molar-refractivity contribution in [3.05, 3.63) is 66.5 Å². The van der Waals surface area contributed by atoms with Crippen molar-refractivity contribution >= 4 is 21.6 Å². The predicted octanol–water partition coefficient (Wildman–Crippen LogP) is 2.85. The summed E-state index contributed by atoms with van der Waals surface area (Å²) < 4.78 is 32.8. The molecule has 3 aromatic rings. The average molecular weight is 424 g/mol. The summed E-state index contributed by atoms with van der Waals surface area (Å²) in [6.07, 6.45) is 4.51. The lowest BCUT2D eigenvalue weighted by Crippen LogP contribution is -2.26. The van der Waals surface area contributed by atoms with Gasteiger partial charge in [-0.15, -0.1) is 0 Å². The van der Waals surface area contributed by atoms with Crippen LogP contribution in [0.5, 0.6) is 5.75 Å². The molecule has 1 amide bonds. The number of nitrogens with zero attached hydrogens (tertiary/aromatic N) is 2. The zero-order valence-electron chi connectivity index (χ0n) is 16.2. The lowest BCUT2D eigenvalue weighted by Gasteiger charge is -2.13. The van der Waals surface area contributed by atoms with Crippen LogP contribution in [0.3, 0.4) is 0 Å². The van der Waals surface area contributed by atoms with Crippen molar-refractivity contribution in [3.8, 4) is 17.1 Å². The molecule has 0 unspecified atom stereocenters. The number of methoxy groups -OCH3 is 1. The van der Waals surface area contributed by atoms with Gasteiger partial charge in [0, 0.05) is 24.0 Å². The highest BCUT2D eigenvalue weighted by molar-refractivity contribution is 7.89.